The lowest BCUT2D eigenvalue weighted by Crippen LogP contribution is -2.48. The minimum absolute atomic E-state index is 0.210. The van der Waals surface area contributed by atoms with Crippen LogP contribution in [0.1, 0.15) is 54.6 Å². The largest absolute Gasteiger partial charge is 0.462 e. The second-order valence-electron chi connectivity index (χ2n) is 9.17. The standard InChI is InChI=1S/C26H30N2O5/c1-17-20(4-5-22-23(17)16-33-26(22)31)24(29)15-28-11-9-27(10-12-28)8-6-18-2-3-21-19(14-18)7-13-32-25(21)30/h2-5,14,24,29H,6-13,15-16H2,1H3. The Morgan fingerprint density at radius 3 is 2.52 bits per heavy atom. The van der Waals surface area contributed by atoms with Crippen LogP contribution >= 0.6 is 0 Å². The van der Waals surface area contributed by atoms with E-state index < -0.39 is 6.10 Å². The van der Waals surface area contributed by atoms with Gasteiger partial charge in [-0.1, -0.05) is 18.2 Å². The molecule has 0 saturated carbocycles. The Morgan fingerprint density at radius 1 is 0.970 bits per heavy atom. The van der Waals surface area contributed by atoms with Crippen molar-refractivity contribution in [2.75, 3.05) is 45.9 Å². The molecule has 1 unspecified atom stereocenters. The van der Waals surface area contributed by atoms with Crippen LogP contribution in [-0.4, -0.2) is 72.7 Å². The van der Waals surface area contributed by atoms with E-state index in [4.69, 9.17) is 9.47 Å². The number of aliphatic hydroxyl groups is 1. The number of nitrogens with zero attached hydrogens (tertiary/aromatic N) is 2. The Hall–Kier alpha value is -2.74. The van der Waals surface area contributed by atoms with E-state index in [1.807, 2.05) is 25.1 Å². The summed E-state index contributed by atoms with van der Waals surface area (Å²) < 4.78 is 10.2. The Bertz CT molecular complexity index is 1070. The van der Waals surface area contributed by atoms with Crippen molar-refractivity contribution < 1.29 is 24.2 Å². The number of ether oxygens (including phenoxy) is 2. The molecule has 1 atom stereocenters. The summed E-state index contributed by atoms with van der Waals surface area (Å²) in [5.74, 6) is -0.485. The third-order valence-electron chi connectivity index (χ3n) is 7.17. The molecule has 0 spiro atoms. The lowest BCUT2D eigenvalue weighted by Gasteiger charge is -2.36. The van der Waals surface area contributed by atoms with E-state index >= 15 is 0 Å². The maximum atomic E-state index is 11.8. The maximum absolute atomic E-state index is 11.8. The van der Waals surface area contributed by atoms with Gasteiger partial charge in [0.25, 0.3) is 0 Å². The molecule has 1 N–H and O–H groups in total. The maximum Gasteiger partial charge on any atom is 0.338 e. The average Bonchev–Trinajstić information content (AvgIpc) is 3.20. The van der Waals surface area contributed by atoms with Gasteiger partial charge in [0.1, 0.15) is 6.61 Å². The second kappa shape index (κ2) is 9.25. The highest BCUT2D eigenvalue weighted by atomic mass is 16.5. The number of piperazine rings is 1. The van der Waals surface area contributed by atoms with Crippen molar-refractivity contribution >= 4 is 11.9 Å². The van der Waals surface area contributed by atoms with Crippen LogP contribution in [0.25, 0.3) is 0 Å². The summed E-state index contributed by atoms with van der Waals surface area (Å²) in [6, 6.07) is 9.72. The smallest absolute Gasteiger partial charge is 0.338 e. The van der Waals surface area contributed by atoms with Gasteiger partial charge >= 0.3 is 11.9 Å². The molecule has 7 nitrogen and oxygen atoms in total. The van der Waals surface area contributed by atoms with Gasteiger partial charge in [-0.2, -0.15) is 0 Å². The predicted octanol–water partition coefficient (Wildman–Crippen LogP) is 2.27. The van der Waals surface area contributed by atoms with E-state index in [-0.39, 0.29) is 11.9 Å². The zero-order valence-electron chi connectivity index (χ0n) is 19.0. The number of hydrogen-bond acceptors (Lipinski definition) is 7. The number of esters is 2. The minimum Gasteiger partial charge on any atom is -0.462 e. The van der Waals surface area contributed by atoms with E-state index in [1.165, 1.54) is 5.56 Å². The molecule has 5 rings (SSSR count). The summed E-state index contributed by atoms with van der Waals surface area (Å²) in [4.78, 5) is 28.3. The summed E-state index contributed by atoms with van der Waals surface area (Å²) in [7, 11) is 0. The topological polar surface area (TPSA) is 79.3 Å². The van der Waals surface area contributed by atoms with Crippen LogP contribution in [0.4, 0.5) is 0 Å². The summed E-state index contributed by atoms with van der Waals surface area (Å²) in [6.07, 6.45) is 1.17. The van der Waals surface area contributed by atoms with Gasteiger partial charge in [0.2, 0.25) is 0 Å². The zero-order valence-corrected chi connectivity index (χ0v) is 19.0. The van der Waals surface area contributed by atoms with Crippen LogP contribution in [0, 0.1) is 6.92 Å². The van der Waals surface area contributed by atoms with Gasteiger partial charge in [-0.3, -0.25) is 4.90 Å². The first-order valence-electron chi connectivity index (χ1n) is 11.7. The molecule has 0 radical (unpaired) electrons. The molecule has 0 aromatic heterocycles. The van der Waals surface area contributed by atoms with Crippen LogP contribution in [0.15, 0.2) is 30.3 Å². The molecule has 2 aromatic rings. The van der Waals surface area contributed by atoms with Gasteiger partial charge < -0.3 is 19.5 Å². The Balaban J connectivity index is 1.11. The summed E-state index contributed by atoms with van der Waals surface area (Å²) >= 11 is 0. The highest BCUT2D eigenvalue weighted by Gasteiger charge is 2.27. The molecule has 174 valence electrons. The normalized spacial score (nSPS) is 19.6. The molecule has 1 fully saturated rings. The van der Waals surface area contributed by atoms with Crippen molar-refractivity contribution in [2.24, 2.45) is 0 Å². The first kappa shape index (κ1) is 22.1. The number of carbonyl (C=O) groups excluding carboxylic acids is 2. The average molecular weight is 451 g/mol. The number of carbonyl (C=O) groups is 2. The Labute approximate surface area is 193 Å². The number of aliphatic hydroxyl groups excluding tert-OH is 1. The first-order valence-corrected chi connectivity index (χ1v) is 11.7. The molecular weight excluding hydrogens is 420 g/mol. The molecule has 0 bridgehead atoms. The Kier molecular flexibility index (Phi) is 6.19. The van der Waals surface area contributed by atoms with E-state index in [9.17, 15) is 14.7 Å². The van der Waals surface area contributed by atoms with Crippen LogP contribution in [-0.2, 0) is 28.9 Å². The number of cyclic esters (lactones) is 2. The SMILES string of the molecule is Cc1c(C(O)CN2CCN(CCc3ccc4c(c3)CCOC4=O)CC2)ccc2c1COC2=O. The van der Waals surface area contributed by atoms with E-state index in [0.29, 0.717) is 30.9 Å². The zero-order chi connectivity index (χ0) is 22.9. The molecule has 3 aliphatic heterocycles. The van der Waals surface area contributed by atoms with E-state index in [0.717, 1.165) is 67.8 Å². The van der Waals surface area contributed by atoms with Crippen LogP contribution < -0.4 is 0 Å². The number of rotatable bonds is 6. The Morgan fingerprint density at radius 2 is 1.70 bits per heavy atom. The summed E-state index contributed by atoms with van der Waals surface area (Å²) in [6.45, 7) is 8.07. The van der Waals surface area contributed by atoms with Gasteiger partial charge in [0.15, 0.2) is 0 Å². The van der Waals surface area contributed by atoms with Crippen LogP contribution in [0.2, 0.25) is 0 Å². The lowest BCUT2D eigenvalue weighted by molar-refractivity contribution is 0.0478. The predicted molar refractivity (Wildman–Crippen MR) is 122 cm³/mol. The van der Waals surface area contributed by atoms with Crippen molar-refractivity contribution in [2.45, 2.75) is 32.5 Å². The van der Waals surface area contributed by atoms with Crippen molar-refractivity contribution in [3.8, 4) is 0 Å². The van der Waals surface area contributed by atoms with Gasteiger partial charge in [-0.05, 0) is 47.7 Å². The number of fused-ring (bicyclic) bond motifs is 2. The molecule has 2 aromatic carbocycles. The highest BCUT2D eigenvalue weighted by Crippen LogP contribution is 2.29. The molecule has 0 aliphatic carbocycles. The fourth-order valence-corrected chi connectivity index (χ4v) is 5.09. The van der Waals surface area contributed by atoms with Gasteiger partial charge in [0.05, 0.1) is 23.8 Å². The van der Waals surface area contributed by atoms with Gasteiger partial charge in [0, 0.05) is 51.3 Å². The molecule has 3 aliphatic rings. The summed E-state index contributed by atoms with van der Waals surface area (Å²) in [5.41, 5.74) is 6.43. The molecule has 7 heteroatoms. The molecule has 3 heterocycles. The third kappa shape index (κ3) is 4.53. The molecular formula is C26H30N2O5. The first-order chi connectivity index (χ1) is 16.0. The van der Waals surface area contributed by atoms with Gasteiger partial charge in [-0.25, -0.2) is 9.59 Å². The van der Waals surface area contributed by atoms with Crippen LogP contribution in [0.3, 0.4) is 0 Å². The van der Waals surface area contributed by atoms with Crippen molar-refractivity contribution in [1.82, 2.24) is 9.80 Å². The molecule has 33 heavy (non-hydrogen) atoms. The van der Waals surface area contributed by atoms with Crippen molar-refractivity contribution in [3.05, 3.63) is 69.3 Å². The second-order valence-corrected chi connectivity index (χ2v) is 9.17. The lowest BCUT2D eigenvalue weighted by atomic mass is 9.95. The number of hydrogen-bond donors (Lipinski definition) is 1. The van der Waals surface area contributed by atoms with E-state index in [2.05, 4.69) is 15.9 Å². The third-order valence-corrected chi connectivity index (χ3v) is 7.17. The number of β-amino-alcohol motifs (C(OH)–C–C–N with tert-alkyl or cyclic N) is 1. The fraction of sp³-hybridized carbons (Fsp3) is 0.462. The highest BCUT2D eigenvalue weighted by molar-refractivity contribution is 5.94. The fourth-order valence-electron chi connectivity index (χ4n) is 5.09. The summed E-state index contributed by atoms with van der Waals surface area (Å²) in [5, 5.41) is 10.9. The quantitative estimate of drug-likeness (QED) is 0.677. The van der Waals surface area contributed by atoms with Crippen molar-refractivity contribution in [1.29, 1.82) is 0 Å². The van der Waals surface area contributed by atoms with E-state index in [1.54, 1.807) is 6.07 Å². The molecule has 1 saturated heterocycles. The van der Waals surface area contributed by atoms with Gasteiger partial charge in [-0.15, -0.1) is 0 Å². The monoisotopic (exact) mass is 450 g/mol. The van der Waals surface area contributed by atoms with Crippen molar-refractivity contribution in [3.63, 3.8) is 0 Å². The minimum atomic E-state index is -0.584. The molecule has 0 amide bonds. The number of benzene rings is 2. The van der Waals surface area contributed by atoms with Crippen LogP contribution in [0.5, 0.6) is 0 Å².